The fourth-order valence-electron chi connectivity index (χ4n) is 2.61. The van der Waals surface area contributed by atoms with Crippen LogP contribution in [-0.2, 0) is 20.9 Å². The second-order valence-corrected chi connectivity index (χ2v) is 5.58. The van der Waals surface area contributed by atoms with Crippen molar-refractivity contribution >= 4 is 12.1 Å². The fraction of sp³-hybridized carbons (Fsp3) is 0.500. The van der Waals surface area contributed by atoms with E-state index in [2.05, 4.69) is 5.32 Å². The second kappa shape index (κ2) is 7.26. The van der Waals surface area contributed by atoms with Crippen molar-refractivity contribution in [1.29, 1.82) is 0 Å². The summed E-state index contributed by atoms with van der Waals surface area (Å²) in [5, 5.41) is 11.8. The lowest BCUT2D eigenvalue weighted by molar-refractivity contribution is -0.138. The molecule has 0 bridgehead atoms. The van der Waals surface area contributed by atoms with E-state index >= 15 is 0 Å². The van der Waals surface area contributed by atoms with Crippen LogP contribution < -0.4 is 5.32 Å². The molecule has 1 fully saturated rings. The zero-order valence-corrected chi connectivity index (χ0v) is 12.6. The number of amides is 1. The lowest BCUT2D eigenvalue weighted by atomic mass is 9.91. The van der Waals surface area contributed by atoms with Gasteiger partial charge in [-0.15, -0.1) is 0 Å². The molecule has 1 aromatic rings. The SMILES string of the molecule is CCC1CC(CC(=O)O)(NC(=O)OCc2ccccc2)CO1. The van der Waals surface area contributed by atoms with Crippen LogP contribution in [0.1, 0.15) is 31.7 Å². The fourth-order valence-corrected chi connectivity index (χ4v) is 2.61. The molecule has 2 N–H and O–H groups in total. The maximum atomic E-state index is 12.0. The number of hydrogen-bond donors (Lipinski definition) is 2. The van der Waals surface area contributed by atoms with Crippen molar-refractivity contribution < 1.29 is 24.2 Å². The number of rotatable bonds is 6. The van der Waals surface area contributed by atoms with Crippen molar-refractivity contribution in [1.82, 2.24) is 5.32 Å². The van der Waals surface area contributed by atoms with E-state index in [1.807, 2.05) is 37.3 Å². The number of carbonyl (C=O) groups excluding carboxylic acids is 1. The van der Waals surface area contributed by atoms with Gasteiger partial charge in [0, 0.05) is 0 Å². The Morgan fingerprint density at radius 2 is 2.14 bits per heavy atom. The molecule has 22 heavy (non-hydrogen) atoms. The van der Waals surface area contributed by atoms with Gasteiger partial charge in [0.2, 0.25) is 0 Å². The van der Waals surface area contributed by atoms with Crippen LogP contribution in [0.25, 0.3) is 0 Å². The van der Waals surface area contributed by atoms with E-state index < -0.39 is 17.6 Å². The van der Waals surface area contributed by atoms with E-state index in [9.17, 15) is 9.59 Å². The first-order valence-corrected chi connectivity index (χ1v) is 7.35. The molecular formula is C16H21NO5. The molecule has 1 saturated heterocycles. The van der Waals surface area contributed by atoms with Gasteiger partial charge < -0.3 is 19.9 Å². The molecule has 0 aromatic heterocycles. The summed E-state index contributed by atoms with van der Waals surface area (Å²) in [6.45, 7) is 2.31. The van der Waals surface area contributed by atoms with Gasteiger partial charge in [0.25, 0.3) is 0 Å². The average Bonchev–Trinajstić information content (AvgIpc) is 2.88. The summed E-state index contributed by atoms with van der Waals surface area (Å²) in [4.78, 5) is 23.0. The van der Waals surface area contributed by atoms with Crippen molar-refractivity contribution in [3.63, 3.8) is 0 Å². The first kappa shape index (κ1) is 16.3. The van der Waals surface area contributed by atoms with Crippen LogP contribution >= 0.6 is 0 Å². The summed E-state index contributed by atoms with van der Waals surface area (Å²) in [6.07, 6.45) is 0.432. The van der Waals surface area contributed by atoms with Gasteiger partial charge in [-0.1, -0.05) is 37.3 Å². The quantitative estimate of drug-likeness (QED) is 0.842. The van der Waals surface area contributed by atoms with E-state index in [1.165, 1.54) is 0 Å². The lowest BCUT2D eigenvalue weighted by Crippen LogP contribution is -2.50. The van der Waals surface area contributed by atoms with Gasteiger partial charge in [0.05, 0.1) is 24.7 Å². The van der Waals surface area contributed by atoms with Crippen LogP contribution in [-0.4, -0.2) is 35.4 Å². The number of carbonyl (C=O) groups is 2. The summed E-state index contributed by atoms with van der Waals surface area (Å²) in [5.41, 5.74) is -0.0145. The Hall–Kier alpha value is -2.08. The van der Waals surface area contributed by atoms with Crippen molar-refractivity contribution in [2.45, 2.75) is 44.4 Å². The molecule has 2 rings (SSSR count). The smallest absolute Gasteiger partial charge is 0.407 e. The Morgan fingerprint density at radius 3 is 2.73 bits per heavy atom. The number of carboxylic acid groups (broad SMARTS) is 1. The predicted molar refractivity (Wildman–Crippen MR) is 79.4 cm³/mol. The molecule has 2 unspecified atom stereocenters. The zero-order valence-electron chi connectivity index (χ0n) is 12.6. The number of nitrogens with one attached hydrogen (secondary N) is 1. The summed E-state index contributed by atoms with van der Waals surface area (Å²) in [5.74, 6) is -0.969. The molecule has 0 spiro atoms. The maximum absolute atomic E-state index is 12.0. The molecule has 6 heteroatoms. The van der Waals surface area contributed by atoms with Crippen LogP contribution in [0.15, 0.2) is 30.3 Å². The molecule has 1 aliphatic rings. The molecule has 2 atom stereocenters. The molecule has 1 aromatic carbocycles. The standard InChI is InChI=1S/C16H21NO5/c1-2-13-8-16(11-22-13,9-14(18)19)17-15(20)21-10-12-6-4-3-5-7-12/h3-7,13H,2,8-11H2,1H3,(H,17,20)(H,18,19). The monoisotopic (exact) mass is 307 g/mol. The molecular weight excluding hydrogens is 286 g/mol. The summed E-state index contributed by atoms with van der Waals surface area (Å²) >= 11 is 0. The Labute approximate surface area is 129 Å². The molecule has 1 heterocycles. The second-order valence-electron chi connectivity index (χ2n) is 5.58. The minimum absolute atomic E-state index is 0.0335. The minimum Gasteiger partial charge on any atom is -0.481 e. The van der Waals surface area contributed by atoms with Crippen molar-refractivity contribution in [3.05, 3.63) is 35.9 Å². The molecule has 0 radical (unpaired) electrons. The number of ether oxygens (including phenoxy) is 2. The zero-order chi connectivity index (χ0) is 16.0. The number of aliphatic carboxylic acids is 1. The van der Waals surface area contributed by atoms with Crippen molar-refractivity contribution in [2.75, 3.05) is 6.61 Å². The van der Waals surface area contributed by atoms with Gasteiger partial charge in [-0.2, -0.15) is 0 Å². The van der Waals surface area contributed by atoms with Gasteiger partial charge in [-0.3, -0.25) is 4.79 Å². The molecule has 0 saturated carbocycles. The van der Waals surface area contributed by atoms with Crippen LogP contribution in [0.2, 0.25) is 0 Å². The van der Waals surface area contributed by atoms with Crippen molar-refractivity contribution in [3.8, 4) is 0 Å². The van der Waals surface area contributed by atoms with E-state index in [0.717, 1.165) is 12.0 Å². The molecule has 120 valence electrons. The molecule has 1 aliphatic heterocycles. The Balaban J connectivity index is 1.92. The Morgan fingerprint density at radius 1 is 1.41 bits per heavy atom. The average molecular weight is 307 g/mol. The highest BCUT2D eigenvalue weighted by molar-refractivity contribution is 5.73. The van der Waals surface area contributed by atoms with Gasteiger partial charge in [-0.05, 0) is 18.4 Å². The highest BCUT2D eigenvalue weighted by atomic mass is 16.6. The Kier molecular flexibility index (Phi) is 5.38. The van der Waals surface area contributed by atoms with Crippen LogP contribution in [0.3, 0.4) is 0 Å². The van der Waals surface area contributed by atoms with Gasteiger partial charge in [0.15, 0.2) is 0 Å². The summed E-state index contributed by atoms with van der Waals surface area (Å²) in [7, 11) is 0. The lowest BCUT2D eigenvalue weighted by Gasteiger charge is -2.26. The maximum Gasteiger partial charge on any atom is 0.407 e. The first-order valence-electron chi connectivity index (χ1n) is 7.35. The third-order valence-corrected chi connectivity index (χ3v) is 3.74. The van der Waals surface area contributed by atoms with E-state index in [1.54, 1.807) is 0 Å². The molecule has 0 aliphatic carbocycles. The summed E-state index contributed by atoms with van der Waals surface area (Å²) < 4.78 is 10.7. The highest BCUT2D eigenvalue weighted by Crippen LogP contribution is 2.29. The third kappa shape index (κ3) is 4.46. The third-order valence-electron chi connectivity index (χ3n) is 3.74. The largest absolute Gasteiger partial charge is 0.481 e. The topological polar surface area (TPSA) is 84.9 Å². The molecule has 1 amide bonds. The van der Waals surface area contributed by atoms with Crippen LogP contribution in [0, 0.1) is 0 Å². The summed E-state index contributed by atoms with van der Waals surface area (Å²) in [6, 6.07) is 9.31. The Bertz CT molecular complexity index is 519. The van der Waals surface area contributed by atoms with E-state index in [0.29, 0.717) is 6.42 Å². The highest BCUT2D eigenvalue weighted by Gasteiger charge is 2.43. The van der Waals surface area contributed by atoms with Gasteiger partial charge >= 0.3 is 12.1 Å². The number of benzene rings is 1. The first-order chi connectivity index (χ1) is 10.5. The van der Waals surface area contributed by atoms with E-state index in [-0.39, 0.29) is 25.7 Å². The van der Waals surface area contributed by atoms with Crippen LogP contribution in [0.5, 0.6) is 0 Å². The predicted octanol–water partition coefficient (Wildman–Crippen LogP) is 2.33. The number of carboxylic acids is 1. The van der Waals surface area contributed by atoms with Crippen molar-refractivity contribution in [2.24, 2.45) is 0 Å². The van der Waals surface area contributed by atoms with Gasteiger partial charge in [-0.25, -0.2) is 4.79 Å². The van der Waals surface area contributed by atoms with Gasteiger partial charge in [0.1, 0.15) is 6.61 Å². The number of alkyl carbamates (subject to hydrolysis) is 1. The minimum atomic E-state index is -0.969. The molecule has 6 nitrogen and oxygen atoms in total. The van der Waals surface area contributed by atoms with E-state index in [4.69, 9.17) is 14.6 Å². The normalized spacial score (nSPS) is 24.0. The number of hydrogen-bond acceptors (Lipinski definition) is 4. The van der Waals surface area contributed by atoms with Crippen LogP contribution in [0.4, 0.5) is 4.79 Å².